The van der Waals surface area contributed by atoms with Crippen LogP contribution in [0.4, 0.5) is 0 Å². The molecule has 22 heavy (non-hydrogen) atoms. The first kappa shape index (κ1) is 14.6. The van der Waals surface area contributed by atoms with Crippen molar-refractivity contribution in [2.45, 2.75) is 33.1 Å². The summed E-state index contributed by atoms with van der Waals surface area (Å²) in [5.41, 5.74) is 8.32. The summed E-state index contributed by atoms with van der Waals surface area (Å²) in [5, 5.41) is 0. The molecule has 0 spiro atoms. The number of imide groups is 1. The number of fused-ring (bicyclic) bond motifs is 3. The fourth-order valence-electron chi connectivity index (χ4n) is 3.09. The molecule has 2 heterocycles. The van der Waals surface area contributed by atoms with Crippen LogP contribution in [0.25, 0.3) is 0 Å². The Morgan fingerprint density at radius 1 is 1.36 bits per heavy atom. The lowest BCUT2D eigenvalue weighted by Crippen LogP contribution is -2.48. The highest BCUT2D eigenvalue weighted by Gasteiger charge is 2.43. The van der Waals surface area contributed by atoms with Crippen molar-refractivity contribution in [1.82, 2.24) is 4.90 Å². The van der Waals surface area contributed by atoms with Crippen molar-refractivity contribution in [3.05, 3.63) is 40.8 Å². The molecule has 0 bridgehead atoms. The highest BCUT2D eigenvalue weighted by molar-refractivity contribution is 6.09. The lowest BCUT2D eigenvalue weighted by molar-refractivity contribution is -0.146. The van der Waals surface area contributed by atoms with Crippen LogP contribution < -0.4 is 10.5 Å². The van der Waals surface area contributed by atoms with Crippen LogP contribution in [-0.2, 0) is 9.59 Å². The standard InChI is InChI=1S/C17H20N2O3/c1-9(2)8-19-14(20)7-12-11-6-10(3)4-5-13(11)22-16(18)15(12)17(19)21/h4-6,9,12H,7-8,18H2,1-3H3. The van der Waals surface area contributed by atoms with Crippen molar-refractivity contribution in [1.29, 1.82) is 0 Å². The maximum Gasteiger partial charge on any atom is 0.262 e. The minimum absolute atomic E-state index is 0.118. The molecule has 3 rings (SSSR count). The van der Waals surface area contributed by atoms with E-state index in [0.29, 0.717) is 17.9 Å². The second-order valence-corrected chi connectivity index (χ2v) is 6.38. The average Bonchev–Trinajstić information content (AvgIpc) is 2.43. The Balaban J connectivity index is 2.04. The minimum atomic E-state index is -0.320. The molecule has 2 aliphatic heterocycles. The van der Waals surface area contributed by atoms with Gasteiger partial charge in [0.05, 0.1) is 5.57 Å². The third-order valence-corrected chi connectivity index (χ3v) is 4.08. The van der Waals surface area contributed by atoms with Crippen LogP contribution in [0.5, 0.6) is 5.75 Å². The fourth-order valence-corrected chi connectivity index (χ4v) is 3.09. The van der Waals surface area contributed by atoms with E-state index in [0.717, 1.165) is 11.1 Å². The number of piperidine rings is 1. The van der Waals surface area contributed by atoms with Crippen molar-refractivity contribution in [3.63, 3.8) is 0 Å². The van der Waals surface area contributed by atoms with Gasteiger partial charge in [0.15, 0.2) is 5.88 Å². The largest absolute Gasteiger partial charge is 0.441 e. The van der Waals surface area contributed by atoms with Crippen molar-refractivity contribution >= 4 is 11.8 Å². The van der Waals surface area contributed by atoms with Gasteiger partial charge < -0.3 is 10.5 Å². The summed E-state index contributed by atoms with van der Waals surface area (Å²) >= 11 is 0. The molecule has 1 saturated heterocycles. The van der Waals surface area contributed by atoms with Crippen LogP contribution in [0.15, 0.2) is 29.7 Å². The number of carbonyl (C=O) groups is 2. The molecule has 5 heteroatoms. The first-order valence-electron chi connectivity index (χ1n) is 7.51. The first-order valence-corrected chi connectivity index (χ1v) is 7.51. The number of carbonyl (C=O) groups excluding carboxylic acids is 2. The zero-order valence-corrected chi connectivity index (χ0v) is 13.1. The molecule has 2 amide bonds. The Morgan fingerprint density at radius 3 is 2.77 bits per heavy atom. The summed E-state index contributed by atoms with van der Waals surface area (Å²) in [4.78, 5) is 26.4. The Labute approximate surface area is 129 Å². The van der Waals surface area contributed by atoms with Gasteiger partial charge in [-0.1, -0.05) is 31.5 Å². The van der Waals surface area contributed by atoms with Crippen molar-refractivity contribution in [2.24, 2.45) is 11.7 Å². The smallest absolute Gasteiger partial charge is 0.262 e. The third-order valence-electron chi connectivity index (χ3n) is 4.08. The van der Waals surface area contributed by atoms with Gasteiger partial charge >= 0.3 is 0 Å². The van der Waals surface area contributed by atoms with E-state index in [-0.39, 0.29) is 36.0 Å². The highest BCUT2D eigenvalue weighted by Crippen LogP contribution is 2.43. The van der Waals surface area contributed by atoms with Gasteiger partial charge in [-0.2, -0.15) is 0 Å². The number of ether oxygens (including phenoxy) is 1. The van der Waals surface area contributed by atoms with Gasteiger partial charge in [-0.15, -0.1) is 0 Å². The number of amides is 2. The number of nitrogens with zero attached hydrogens (tertiary/aromatic N) is 1. The predicted molar refractivity (Wildman–Crippen MR) is 81.9 cm³/mol. The lowest BCUT2D eigenvalue weighted by atomic mass is 9.81. The monoisotopic (exact) mass is 300 g/mol. The van der Waals surface area contributed by atoms with Gasteiger partial charge in [0, 0.05) is 24.4 Å². The molecule has 0 aromatic heterocycles. The molecule has 1 aromatic rings. The van der Waals surface area contributed by atoms with E-state index in [9.17, 15) is 9.59 Å². The zero-order chi connectivity index (χ0) is 16.0. The van der Waals surface area contributed by atoms with E-state index in [2.05, 4.69) is 0 Å². The maximum atomic E-state index is 12.7. The van der Waals surface area contributed by atoms with E-state index in [1.54, 1.807) is 0 Å². The number of likely N-dealkylation sites (tertiary alicyclic amines) is 1. The molecule has 116 valence electrons. The molecular weight excluding hydrogens is 280 g/mol. The highest BCUT2D eigenvalue weighted by atomic mass is 16.5. The predicted octanol–water partition coefficient (Wildman–Crippen LogP) is 2.06. The molecule has 5 nitrogen and oxygen atoms in total. The maximum absolute atomic E-state index is 12.7. The van der Waals surface area contributed by atoms with Crippen molar-refractivity contribution < 1.29 is 14.3 Å². The van der Waals surface area contributed by atoms with E-state index < -0.39 is 0 Å². The molecule has 2 aliphatic rings. The van der Waals surface area contributed by atoms with Crippen LogP contribution in [0, 0.1) is 12.8 Å². The number of aryl methyl sites for hydroxylation is 1. The normalized spacial score (nSPS) is 20.9. The second-order valence-electron chi connectivity index (χ2n) is 6.38. The molecular formula is C17H20N2O3. The van der Waals surface area contributed by atoms with Crippen LogP contribution in [0.3, 0.4) is 0 Å². The first-order chi connectivity index (χ1) is 10.4. The quantitative estimate of drug-likeness (QED) is 0.849. The Morgan fingerprint density at radius 2 is 2.09 bits per heavy atom. The second kappa shape index (κ2) is 5.16. The summed E-state index contributed by atoms with van der Waals surface area (Å²) in [6.45, 7) is 6.32. The van der Waals surface area contributed by atoms with Gasteiger partial charge in [0.25, 0.3) is 5.91 Å². The molecule has 1 fully saturated rings. The molecule has 2 N–H and O–H groups in total. The summed E-state index contributed by atoms with van der Waals surface area (Å²) in [5.74, 6) is 0.203. The number of hydrogen-bond acceptors (Lipinski definition) is 4. The number of hydrogen-bond donors (Lipinski definition) is 1. The van der Waals surface area contributed by atoms with Gasteiger partial charge in [0.2, 0.25) is 5.91 Å². The topological polar surface area (TPSA) is 72.6 Å². The Kier molecular flexibility index (Phi) is 3.43. The van der Waals surface area contributed by atoms with Gasteiger partial charge in [-0.05, 0) is 18.9 Å². The lowest BCUT2D eigenvalue weighted by Gasteiger charge is -2.36. The van der Waals surface area contributed by atoms with Crippen LogP contribution in [-0.4, -0.2) is 23.3 Å². The van der Waals surface area contributed by atoms with Gasteiger partial charge in [-0.3, -0.25) is 14.5 Å². The summed E-state index contributed by atoms with van der Waals surface area (Å²) in [7, 11) is 0. The van der Waals surface area contributed by atoms with Gasteiger partial charge in [-0.25, -0.2) is 0 Å². The molecule has 1 unspecified atom stereocenters. The zero-order valence-electron chi connectivity index (χ0n) is 13.1. The molecule has 0 aliphatic carbocycles. The summed E-state index contributed by atoms with van der Waals surface area (Å²) < 4.78 is 5.61. The van der Waals surface area contributed by atoms with E-state index in [4.69, 9.17) is 10.5 Å². The molecule has 0 radical (unpaired) electrons. The van der Waals surface area contributed by atoms with Crippen LogP contribution in [0.1, 0.15) is 37.3 Å². The Bertz CT molecular complexity index is 691. The van der Waals surface area contributed by atoms with Crippen molar-refractivity contribution in [3.8, 4) is 5.75 Å². The van der Waals surface area contributed by atoms with E-state index in [1.165, 1.54) is 4.90 Å². The Hall–Kier alpha value is -2.30. The number of rotatable bonds is 2. The molecule has 1 atom stereocenters. The van der Waals surface area contributed by atoms with Gasteiger partial charge in [0.1, 0.15) is 5.75 Å². The molecule has 1 aromatic carbocycles. The van der Waals surface area contributed by atoms with Crippen LogP contribution in [0.2, 0.25) is 0 Å². The molecule has 0 saturated carbocycles. The number of benzene rings is 1. The fraction of sp³-hybridized carbons (Fsp3) is 0.412. The third kappa shape index (κ3) is 2.26. The number of nitrogens with two attached hydrogens (primary N) is 1. The van der Waals surface area contributed by atoms with E-state index >= 15 is 0 Å². The van der Waals surface area contributed by atoms with Crippen molar-refractivity contribution in [2.75, 3.05) is 6.54 Å². The van der Waals surface area contributed by atoms with E-state index in [1.807, 2.05) is 39.0 Å². The average molecular weight is 300 g/mol. The van der Waals surface area contributed by atoms with Crippen LogP contribution >= 0.6 is 0 Å². The summed E-state index contributed by atoms with van der Waals surface area (Å²) in [6, 6.07) is 5.73. The summed E-state index contributed by atoms with van der Waals surface area (Å²) in [6.07, 6.45) is 0.258. The SMILES string of the molecule is Cc1ccc2c(c1)C1CC(=O)N(CC(C)C)C(=O)C1=C(N)O2. The minimum Gasteiger partial charge on any atom is -0.441 e.